The molecule has 0 bridgehead atoms. The first-order valence-corrected chi connectivity index (χ1v) is 5.50. The number of hydrogen-bond donors (Lipinski definition) is 0. The van der Waals surface area contributed by atoms with Crippen LogP contribution in [0.4, 0.5) is 0 Å². The smallest absolute Gasteiger partial charge is 0.225 e. The minimum absolute atomic E-state index is 0.400. The molecule has 5 nitrogen and oxygen atoms in total. The Kier molecular flexibility index (Phi) is 2.96. The second-order valence-corrected chi connectivity index (χ2v) is 3.97. The summed E-state index contributed by atoms with van der Waals surface area (Å²) in [4.78, 5) is 0. The van der Waals surface area contributed by atoms with E-state index in [-0.39, 0.29) is 0 Å². The molecule has 0 spiro atoms. The van der Waals surface area contributed by atoms with Gasteiger partial charge in [0.05, 0.1) is 12.2 Å². The minimum Gasteiger partial charge on any atom is -0.361 e. The third kappa shape index (κ3) is 1.82. The van der Waals surface area contributed by atoms with E-state index < -0.39 is 0 Å². The van der Waals surface area contributed by atoms with Gasteiger partial charge in [0, 0.05) is 12.0 Å². The molecule has 0 atom stereocenters. The molecule has 0 unspecified atom stereocenters. The number of aryl methyl sites for hydroxylation is 3. The molecule has 86 valence electrons. The number of rotatable bonds is 3. The molecule has 0 saturated carbocycles. The van der Waals surface area contributed by atoms with Crippen LogP contribution in [0.1, 0.15) is 29.8 Å². The van der Waals surface area contributed by atoms with Crippen molar-refractivity contribution in [2.24, 2.45) is 0 Å². The summed E-state index contributed by atoms with van der Waals surface area (Å²) in [6, 6.07) is 0. The topological polar surface area (TPSA) is 56.7 Å². The van der Waals surface area contributed by atoms with E-state index in [9.17, 15) is 0 Å². The number of halogens is 1. The predicted octanol–water partition coefficient (Wildman–Crippen LogP) is 2.15. The van der Waals surface area contributed by atoms with Crippen molar-refractivity contribution in [3.63, 3.8) is 0 Å². The highest BCUT2D eigenvalue weighted by Crippen LogP contribution is 2.17. The second kappa shape index (κ2) is 4.25. The highest BCUT2D eigenvalue weighted by atomic mass is 35.5. The van der Waals surface area contributed by atoms with Gasteiger partial charge in [-0.2, -0.15) is 0 Å². The van der Waals surface area contributed by atoms with E-state index in [0.717, 1.165) is 29.3 Å². The van der Waals surface area contributed by atoms with Gasteiger partial charge in [-0.3, -0.25) is 4.57 Å². The first-order chi connectivity index (χ1) is 7.63. The molecule has 2 heterocycles. The molecule has 0 fully saturated rings. The van der Waals surface area contributed by atoms with Crippen molar-refractivity contribution in [1.82, 2.24) is 19.9 Å². The average Bonchev–Trinajstić information content (AvgIpc) is 2.77. The van der Waals surface area contributed by atoms with Crippen LogP contribution in [-0.2, 0) is 13.0 Å². The first kappa shape index (κ1) is 11.1. The van der Waals surface area contributed by atoms with Crippen LogP contribution in [0.15, 0.2) is 4.52 Å². The minimum atomic E-state index is 0.400. The molecule has 0 amide bonds. The Bertz CT molecular complexity index is 483. The molecule has 0 aliphatic rings. The first-order valence-electron chi connectivity index (χ1n) is 5.12. The third-order valence-electron chi connectivity index (χ3n) is 2.60. The van der Waals surface area contributed by atoms with Crippen LogP contribution in [0.3, 0.4) is 0 Å². The summed E-state index contributed by atoms with van der Waals surface area (Å²) in [5.74, 6) is 1.68. The van der Waals surface area contributed by atoms with E-state index in [1.807, 2.05) is 25.3 Å². The van der Waals surface area contributed by atoms with Crippen molar-refractivity contribution < 1.29 is 4.52 Å². The third-order valence-corrected chi connectivity index (χ3v) is 2.88. The molecule has 0 saturated heterocycles. The van der Waals surface area contributed by atoms with Crippen LogP contribution in [0, 0.1) is 13.8 Å². The Morgan fingerprint density at radius 3 is 2.62 bits per heavy atom. The molecular formula is C10H13ClN4O. The normalized spacial score (nSPS) is 11.0. The largest absolute Gasteiger partial charge is 0.361 e. The van der Waals surface area contributed by atoms with Crippen LogP contribution in [0.2, 0.25) is 5.28 Å². The number of hydrogen-bond acceptors (Lipinski definition) is 4. The Morgan fingerprint density at radius 2 is 2.06 bits per heavy atom. The monoisotopic (exact) mass is 240 g/mol. The lowest BCUT2D eigenvalue weighted by Crippen LogP contribution is -2.06. The molecular weight excluding hydrogens is 228 g/mol. The average molecular weight is 241 g/mol. The van der Waals surface area contributed by atoms with Crippen LogP contribution >= 0.6 is 11.6 Å². The van der Waals surface area contributed by atoms with Crippen LogP contribution in [0.5, 0.6) is 0 Å². The quantitative estimate of drug-likeness (QED) is 0.825. The second-order valence-electron chi connectivity index (χ2n) is 3.63. The zero-order valence-electron chi connectivity index (χ0n) is 9.49. The maximum atomic E-state index is 5.98. The van der Waals surface area contributed by atoms with Crippen LogP contribution in [0.25, 0.3) is 0 Å². The zero-order chi connectivity index (χ0) is 11.7. The van der Waals surface area contributed by atoms with Crippen molar-refractivity contribution in [3.05, 3.63) is 28.1 Å². The Labute approximate surface area is 98.4 Å². The van der Waals surface area contributed by atoms with E-state index in [1.165, 1.54) is 0 Å². The zero-order valence-corrected chi connectivity index (χ0v) is 10.2. The lowest BCUT2D eigenvalue weighted by molar-refractivity contribution is 0.392. The fourth-order valence-electron chi connectivity index (χ4n) is 1.62. The maximum Gasteiger partial charge on any atom is 0.225 e. The SMILES string of the molecule is CCc1nnc(Cl)n1Cc1c(C)noc1C. The van der Waals surface area contributed by atoms with Crippen molar-refractivity contribution >= 4 is 11.6 Å². The molecule has 16 heavy (non-hydrogen) atoms. The number of aromatic nitrogens is 4. The highest BCUT2D eigenvalue weighted by molar-refractivity contribution is 6.28. The van der Waals surface area contributed by atoms with E-state index in [2.05, 4.69) is 15.4 Å². The molecule has 0 N–H and O–H groups in total. The lowest BCUT2D eigenvalue weighted by Gasteiger charge is -2.05. The summed E-state index contributed by atoms with van der Waals surface area (Å²) in [5.41, 5.74) is 1.92. The Balaban J connectivity index is 2.37. The van der Waals surface area contributed by atoms with Gasteiger partial charge >= 0.3 is 0 Å². The molecule has 0 aliphatic carbocycles. The molecule has 2 aromatic heterocycles. The lowest BCUT2D eigenvalue weighted by atomic mass is 10.2. The molecule has 0 aromatic carbocycles. The fourth-order valence-corrected chi connectivity index (χ4v) is 1.81. The van der Waals surface area contributed by atoms with Crippen molar-refractivity contribution in [2.75, 3.05) is 0 Å². The van der Waals surface area contributed by atoms with Gasteiger partial charge in [-0.1, -0.05) is 12.1 Å². The van der Waals surface area contributed by atoms with Gasteiger partial charge in [0.15, 0.2) is 0 Å². The van der Waals surface area contributed by atoms with Crippen LogP contribution in [-0.4, -0.2) is 19.9 Å². The summed E-state index contributed by atoms with van der Waals surface area (Å²) < 4.78 is 6.98. The Morgan fingerprint density at radius 1 is 1.31 bits per heavy atom. The Hall–Kier alpha value is -1.36. The maximum absolute atomic E-state index is 5.98. The van der Waals surface area contributed by atoms with Crippen LogP contribution < -0.4 is 0 Å². The summed E-state index contributed by atoms with van der Waals surface area (Å²) in [6.07, 6.45) is 0.795. The van der Waals surface area contributed by atoms with Gasteiger partial charge in [0.2, 0.25) is 5.28 Å². The number of nitrogens with zero attached hydrogens (tertiary/aromatic N) is 4. The van der Waals surface area contributed by atoms with Crippen molar-refractivity contribution in [2.45, 2.75) is 33.7 Å². The highest BCUT2D eigenvalue weighted by Gasteiger charge is 2.14. The summed E-state index contributed by atoms with van der Waals surface area (Å²) in [5, 5.41) is 12.2. The molecule has 0 aliphatic heterocycles. The molecule has 2 rings (SSSR count). The summed E-state index contributed by atoms with van der Waals surface area (Å²) >= 11 is 5.98. The summed E-state index contributed by atoms with van der Waals surface area (Å²) in [6.45, 7) is 6.43. The fraction of sp³-hybridized carbons (Fsp3) is 0.500. The van der Waals surface area contributed by atoms with Gasteiger partial charge in [-0.15, -0.1) is 10.2 Å². The van der Waals surface area contributed by atoms with E-state index in [0.29, 0.717) is 11.8 Å². The summed E-state index contributed by atoms with van der Waals surface area (Å²) in [7, 11) is 0. The van der Waals surface area contributed by atoms with Crippen molar-refractivity contribution in [3.8, 4) is 0 Å². The molecule has 0 radical (unpaired) electrons. The van der Waals surface area contributed by atoms with E-state index in [4.69, 9.17) is 16.1 Å². The molecule has 6 heteroatoms. The van der Waals surface area contributed by atoms with Gasteiger partial charge in [0.25, 0.3) is 0 Å². The van der Waals surface area contributed by atoms with Gasteiger partial charge in [-0.05, 0) is 25.4 Å². The van der Waals surface area contributed by atoms with Gasteiger partial charge in [-0.25, -0.2) is 0 Å². The van der Waals surface area contributed by atoms with Gasteiger partial charge in [0.1, 0.15) is 11.6 Å². The van der Waals surface area contributed by atoms with E-state index >= 15 is 0 Å². The van der Waals surface area contributed by atoms with Gasteiger partial charge < -0.3 is 4.52 Å². The molecule has 2 aromatic rings. The standard InChI is InChI=1S/C10H13ClN4O/c1-4-9-12-13-10(11)15(9)5-8-6(2)14-16-7(8)3/h4-5H2,1-3H3. The van der Waals surface area contributed by atoms with E-state index in [1.54, 1.807) is 0 Å². The van der Waals surface area contributed by atoms with Crippen molar-refractivity contribution in [1.29, 1.82) is 0 Å². The predicted molar refractivity (Wildman–Crippen MR) is 59.5 cm³/mol.